The normalized spacial score (nSPS) is 17.5. The van der Waals surface area contributed by atoms with Gasteiger partial charge in [-0.1, -0.05) is 42.5 Å². The van der Waals surface area contributed by atoms with E-state index < -0.39 is 5.82 Å². The molecule has 1 heterocycles. The minimum atomic E-state index is -0.465. The summed E-state index contributed by atoms with van der Waals surface area (Å²) in [6.07, 6.45) is 0.728. The lowest BCUT2D eigenvalue weighted by atomic mass is 10.0. The van der Waals surface area contributed by atoms with Crippen LogP contribution in [0.25, 0.3) is 0 Å². The number of nitrogens with zero attached hydrogens (tertiary/aromatic N) is 1. The molecule has 0 radical (unpaired) electrons. The molecule has 3 rings (SSSR count). The largest absolute Gasteiger partial charge is 0.481 e. The first kappa shape index (κ1) is 16.5. The van der Waals surface area contributed by atoms with Crippen molar-refractivity contribution < 1.29 is 18.7 Å². The zero-order valence-corrected chi connectivity index (χ0v) is 13.4. The Morgan fingerprint density at radius 2 is 1.92 bits per heavy atom. The number of carbonyl (C=O) groups is 1. The molecule has 4 nitrogen and oxygen atoms in total. The number of carbonyl (C=O) groups excluding carboxylic acids is 1. The summed E-state index contributed by atoms with van der Waals surface area (Å²) in [7, 11) is 0. The van der Waals surface area contributed by atoms with Crippen molar-refractivity contribution in [2.24, 2.45) is 0 Å². The highest BCUT2D eigenvalue weighted by molar-refractivity contribution is 5.78. The Hall–Kier alpha value is -2.40. The standard InChI is InChI=1S/C19H20FNO3/c20-17-8-4-5-9-18(17)24-14-19(22)21-10-11-23-13-16(21)12-15-6-2-1-3-7-15/h1-9,16H,10-14H2. The summed E-state index contributed by atoms with van der Waals surface area (Å²) in [4.78, 5) is 14.3. The molecule has 0 N–H and O–H groups in total. The van der Waals surface area contributed by atoms with E-state index in [9.17, 15) is 9.18 Å². The number of benzene rings is 2. The lowest BCUT2D eigenvalue weighted by Gasteiger charge is -2.35. The highest BCUT2D eigenvalue weighted by Crippen LogP contribution is 2.17. The molecule has 0 bridgehead atoms. The molecule has 1 unspecified atom stereocenters. The van der Waals surface area contributed by atoms with Crippen LogP contribution in [-0.4, -0.2) is 43.2 Å². The van der Waals surface area contributed by atoms with Crippen LogP contribution in [0.2, 0.25) is 0 Å². The van der Waals surface area contributed by atoms with Gasteiger partial charge in [0.1, 0.15) is 0 Å². The molecule has 0 aromatic heterocycles. The number of hydrogen-bond donors (Lipinski definition) is 0. The number of hydrogen-bond acceptors (Lipinski definition) is 3. The molecule has 2 aromatic rings. The van der Waals surface area contributed by atoms with Crippen LogP contribution < -0.4 is 4.74 Å². The molecule has 5 heteroatoms. The van der Waals surface area contributed by atoms with E-state index in [0.29, 0.717) is 19.8 Å². The summed E-state index contributed by atoms with van der Waals surface area (Å²) < 4.78 is 24.4. The van der Waals surface area contributed by atoms with Crippen molar-refractivity contribution in [3.8, 4) is 5.75 Å². The van der Waals surface area contributed by atoms with Crippen molar-refractivity contribution in [1.82, 2.24) is 4.90 Å². The molecular weight excluding hydrogens is 309 g/mol. The van der Waals surface area contributed by atoms with Crippen molar-refractivity contribution in [2.75, 3.05) is 26.4 Å². The Kier molecular flexibility index (Phi) is 5.43. The lowest BCUT2D eigenvalue weighted by Crippen LogP contribution is -2.51. The van der Waals surface area contributed by atoms with Gasteiger partial charge in [-0.05, 0) is 24.1 Å². The minimum Gasteiger partial charge on any atom is -0.481 e. The number of rotatable bonds is 5. The second-order valence-corrected chi connectivity index (χ2v) is 5.72. The average Bonchev–Trinajstić information content (AvgIpc) is 2.62. The molecule has 1 amide bonds. The molecule has 1 aliphatic heterocycles. The highest BCUT2D eigenvalue weighted by atomic mass is 19.1. The summed E-state index contributed by atoms with van der Waals surface area (Å²) >= 11 is 0. The van der Waals surface area contributed by atoms with E-state index in [2.05, 4.69) is 0 Å². The maximum Gasteiger partial charge on any atom is 0.260 e. The Bertz CT molecular complexity index is 677. The van der Waals surface area contributed by atoms with Crippen LogP contribution in [-0.2, 0) is 16.0 Å². The third-order valence-corrected chi connectivity index (χ3v) is 4.05. The van der Waals surface area contributed by atoms with Crippen LogP contribution in [0.5, 0.6) is 5.75 Å². The Balaban J connectivity index is 1.62. The Labute approximate surface area is 140 Å². The van der Waals surface area contributed by atoms with Gasteiger partial charge in [0.15, 0.2) is 18.2 Å². The lowest BCUT2D eigenvalue weighted by molar-refractivity contribution is -0.142. The first-order chi connectivity index (χ1) is 11.7. The predicted octanol–water partition coefficient (Wildman–Crippen LogP) is 2.67. The van der Waals surface area contributed by atoms with Crippen molar-refractivity contribution in [1.29, 1.82) is 0 Å². The summed E-state index contributed by atoms with van der Waals surface area (Å²) in [5, 5.41) is 0. The number of halogens is 1. The smallest absolute Gasteiger partial charge is 0.260 e. The fourth-order valence-electron chi connectivity index (χ4n) is 2.82. The molecule has 1 saturated heterocycles. The minimum absolute atomic E-state index is 0.0297. The van der Waals surface area contributed by atoms with E-state index in [1.165, 1.54) is 12.1 Å². The molecule has 0 saturated carbocycles. The summed E-state index contributed by atoms with van der Waals surface area (Å²) in [6, 6.07) is 16.1. The topological polar surface area (TPSA) is 38.8 Å². The van der Waals surface area contributed by atoms with Crippen molar-refractivity contribution in [3.63, 3.8) is 0 Å². The van der Waals surface area contributed by atoms with E-state index in [-0.39, 0.29) is 24.3 Å². The molecule has 1 aliphatic rings. The first-order valence-electron chi connectivity index (χ1n) is 8.02. The molecule has 126 valence electrons. The zero-order valence-electron chi connectivity index (χ0n) is 13.4. The van der Waals surface area contributed by atoms with Gasteiger partial charge in [-0.2, -0.15) is 0 Å². The summed E-state index contributed by atoms with van der Waals surface area (Å²) in [6.45, 7) is 1.36. The van der Waals surface area contributed by atoms with Gasteiger partial charge in [0, 0.05) is 6.54 Å². The molecule has 2 aromatic carbocycles. The number of ether oxygens (including phenoxy) is 2. The van der Waals surface area contributed by atoms with Crippen LogP contribution in [0.1, 0.15) is 5.56 Å². The summed E-state index contributed by atoms with van der Waals surface area (Å²) in [5.41, 5.74) is 1.15. The van der Waals surface area contributed by atoms with Crippen molar-refractivity contribution >= 4 is 5.91 Å². The molecule has 1 fully saturated rings. The maximum atomic E-state index is 13.6. The third kappa shape index (κ3) is 4.11. The van der Waals surface area contributed by atoms with E-state index in [1.807, 2.05) is 30.3 Å². The fourth-order valence-corrected chi connectivity index (χ4v) is 2.82. The number of para-hydroxylation sites is 1. The maximum absolute atomic E-state index is 13.6. The zero-order chi connectivity index (χ0) is 16.8. The van der Waals surface area contributed by atoms with Gasteiger partial charge < -0.3 is 14.4 Å². The Morgan fingerprint density at radius 3 is 2.71 bits per heavy atom. The highest BCUT2D eigenvalue weighted by Gasteiger charge is 2.27. The van der Waals surface area contributed by atoms with E-state index >= 15 is 0 Å². The second kappa shape index (κ2) is 7.93. The molecular formula is C19H20FNO3. The van der Waals surface area contributed by atoms with Crippen LogP contribution in [0.4, 0.5) is 4.39 Å². The van der Waals surface area contributed by atoms with Crippen LogP contribution >= 0.6 is 0 Å². The first-order valence-corrected chi connectivity index (χ1v) is 8.02. The van der Waals surface area contributed by atoms with Gasteiger partial charge in [0.05, 0.1) is 19.3 Å². The third-order valence-electron chi connectivity index (χ3n) is 4.05. The Morgan fingerprint density at radius 1 is 1.17 bits per heavy atom. The SMILES string of the molecule is O=C(COc1ccccc1F)N1CCOCC1Cc1ccccc1. The molecule has 0 aliphatic carbocycles. The van der Waals surface area contributed by atoms with Gasteiger partial charge >= 0.3 is 0 Å². The number of amides is 1. The second-order valence-electron chi connectivity index (χ2n) is 5.72. The molecule has 1 atom stereocenters. The van der Waals surface area contributed by atoms with Crippen molar-refractivity contribution in [3.05, 3.63) is 66.0 Å². The molecule has 24 heavy (non-hydrogen) atoms. The van der Waals surface area contributed by atoms with Gasteiger partial charge in [-0.3, -0.25) is 4.79 Å². The van der Waals surface area contributed by atoms with Gasteiger partial charge in [-0.15, -0.1) is 0 Å². The van der Waals surface area contributed by atoms with E-state index in [1.54, 1.807) is 17.0 Å². The average molecular weight is 329 g/mol. The van der Waals surface area contributed by atoms with Gasteiger partial charge in [0.2, 0.25) is 0 Å². The van der Waals surface area contributed by atoms with Crippen LogP contribution in [0.15, 0.2) is 54.6 Å². The predicted molar refractivity (Wildman–Crippen MR) is 88.4 cm³/mol. The quantitative estimate of drug-likeness (QED) is 0.846. The monoisotopic (exact) mass is 329 g/mol. The van der Waals surface area contributed by atoms with Crippen LogP contribution in [0, 0.1) is 5.82 Å². The molecule has 0 spiro atoms. The van der Waals surface area contributed by atoms with Gasteiger partial charge in [0.25, 0.3) is 5.91 Å². The van der Waals surface area contributed by atoms with E-state index in [0.717, 1.165) is 12.0 Å². The van der Waals surface area contributed by atoms with Crippen molar-refractivity contribution in [2.45, 2.75) is 12.5 Å². The summed E-state index contributed by atoms with van der Waals surface area (Å²) in [5.74, 6) is -0.519. The van der Waals surface area contributed by atoms with E-state index in [4.69, 9.17) is 9.47 Å². The number of morpholine rings is 1. The van der Waals surface area contributed by atoms with Gasteiger partial charge in [-0.25, -0.2) is 4.39 Å². The fraction of sp³-hybridized carbons (Fsp3) is 0.316. The van der Waals surface area contributed by atoms with Crippen LogP contribution in [0.3, 0.4) is 0 Å².